The summed E-state index contributed by atoms with van der Waals surface area (Å²) in [6.07, 6.45) is 4.97. The fourth-order valence-corrected chi connectivity index (χ4v) is 1.83. The second-order valence-corrected chi connectivity index (χ2v) is 4.44. The average Bonchev–Trinajstić information content (AvgIpc) is 2.45. The lowest BCUT2D eigenvalue weighted by atomic mass is 10.2. The number of rotatable bonds is 9. The summed E-state index contributed by atoms with van der Waals surface area (Å²) >= 11 is 0. The molecule has 0 aliphatic heterocycles. The van der Waals surface area contributed by atoms with Crippen LogP contribution in [0.1, 0.15) is 45.4 Å². The molecule has 112 valence electrons. The summed E-state index contributed by atoms with van der Waals surface area (Å²) in [4.78, 5) is 18.9. The van der Waals surface area contributed by atoms with Crippen molar-refractivity contribution in [2.75, 3.05) is 19.0 Å². The summed E-state index contributed by atoms with van der Waals surface area (Å²) in [5.74, 6) is 0.789. The number of nitro groups is 1. The van der Waals surface area contributed by atoms with Gasteiger partial charge < -0.3 is 10.1 Å². The van der Waals surface area contributed by atoms with Gasteiger partial charge in [0.25, 0.3) is 5.88 Å². The molecule has 0 aliphatic rings. The highest BCUT2D eigenvalue weighted by Gasteiger charge is 2.25. The van der Waals surface area contributed by atoms with Gasteiger partial charge in [0.15, 0.2) is 0 Å². The van der Waals surface area contributed by atoms with Crippen LogP contribution in [0.4, 0.5) is 11.5 Å². The van der Waals surface area contributed by atoms with Crippen LogP contribution in [-0.4, -0.2) is 28.5 Å². The van der Waals surface area contributed by atoms with Gasteiger partial charge >= 0.3 is 5.69 Å². The predicted molar refractivity (Wildman–Crippen MR) is 77.2 cm³/mol. The van der Waals surface area contributed by atoms with Crippen molar-refractivity contribution in [2.45, 2.75) is 46.0 Å². The Morgan fingerprint density at radius 2 is 2.00 bits per heavy atom. The van der Waals surface area contributed by atoms with Crippen molar-refractivity contribution >= 4 is 11.5 Å². The van der Waals surface area contributed by atoms with E-state index in [0.29, 0.717) is 18.8 Å². The summed E-state index contributed by atoms with van der Waals surface area (Å²) in [5, 5.41) is 14.2. The van der Waals surface area contributed by atoms with E-state index in [4.69, 9.17) is 4.74 Å². The fraction of sp³-hybridized carbons (Fsp3) is 0.692. The zero-order valence-corrected chi connectivity index (χ0v) is 12.3. The molecular formula is C13H22N4O3. The monoisotopic (exact) mass is 282 g/mol. The van der Waals surface area contributed by atoms with Crippen LogP contribution < -0.4 is 10.1 Å². The zero-order valence-electron chi connectivity index (χ0n) is 12.3. The number of unbranched alkanes of at least 4 members (excludes halogenated alkanes) is 3. The Kier molecular flexibility index (Phi) is 6.69. The van der Waals surface area contributed by atoms with Crippen LogP contribution in [-0.2, 0) is 6.42 Å². The minimum absolute atomic E-state index is 0.0120. The lowest BCUT2D eigenvalue weighted by Gasteiger charge is -2.09. The molecule has 0 unspecified atom stereocenters. The van der Waals surface area contributed by atoms with E-state index in [1.54, 1.807) is 0 Å². The van der Waals surface area contributed by atoms with Gasteiger partial charge in [-0.05, 0) is 6.42 Å². The molecule has 0 saturated heterocycles. The molecule has 0 aliphatic carbocycles. The number of nitrogens with zero attached hydrogens (tertiary/aromatic N) is 3. The largest absolute Gasteiger partial charge is 0.476 e. The fourth-order valence-electron chi connectivity index (χ4n) is 1.83. The summed E-state index contributed by atoms with van der Waals surface area (Å²) < 4.78 is 5.00. The highest BCUT2D eigenvalue weighted by atomic mass is 16.6. The van der Waals surface area contributed by atoms with Gasteiger partial charge in [-0.15, -0.1) is 0 Å². The Bertz CT molecular complexity index is 451. The number of methoxy groups -OCH3 is 1. The van der Waals surface area contributed by atoms with Gasteiger partial charge in [0.05, 0.1) is 12.0 Å². The molecule has 1 aromatic rings. The van der Waals surface area contributed by atoms with Gasteiger partial charge in [0.1, 0.15) is 5.82 Å². The van der Waals surface area contributed by atoms with Crippen molar-refractivity contribution in [2.24, 2.45) is 0 Å². The van der Waals surface area contributed by atoms with Gasteiger partial charge in [-0.1, -0.05) is 33.1 Å². The normalized spacial score (nSPS) is 10.3. The maximum absolute atomic E-state index is 11.1. The van der Waals surface area contributed by atoms with Crippen LogP contribution in [0.2, 0.25) is 0 Å². The van der Waals surface area contributed by atoms with E-state index in [1.165, 1.54) is 7.11 Å². The molecule has 7 heteroatoms. The van der Waals surface area contributed by atoms with Crippen molar-refractivity contribution < 1.29 is 9.66 Å². The maximum atomic E-state index is 11.1. The van der Waals surface area contributed by atoms with Crippen LogP contribution in [0, 0.1) is 10.1 Å². The Morgan fingerprint density at radius 1 is 1.25 bits per heavy atom. The maximum Gasteiger partial charge on any atom is 0.372 e. The van der Waals surface area contributed by atoms with Gasteiger partial charge in [0, 0.05) is 13.0 Å². The van der Waals surface area contributed by atoms with E-state index in [2.05, 4.69) is 22.2 Å². The molecular weight excluding hydrogens is 260 g/mol. The van der Waals surface area contributed by atoms with Crippen LogP contribution in [0.25, 0.3) is 0 Å². The van der Waals surface area contributed by atoms with Crippen LogP contribution in [0.5, 0.6) is 5.88 Å². The number of anilines is 1. The molecule has 1 heterocycles. The molecule has 0 atom stereocenters. The minimum atomic E-state index is -0.507. The van der Waals surface area contributed by atoms with Gasteiger partial charge in [-0.3, -0.25) is 10.1 Å². The SMILES string of the molecule is CCCCCCNc1nc(CC)nc(OC)c1[N+](=O)[O-]. The summed E-state index contributed by atoms with van der Waals surface area (Å²) in [7, 11) is 1.37. The second-order valence-electron chi connectivity index (χ2n) is 4.44. The number of hydrogen-bond donors (Lipinski definition) is 1. The van der Waals surface area contributed by atoms with E-state index in [0.717, 1.165) is 25.7 Å². The Labute approximate surface area is 118 Å². The number of nitrogens with one attached hydrogen (secondary N) is 1. The first-order chi connectivity index (χ1) is 9.63. The lowest BCUT2D eigenvalue weighted by molar-refractivity contribution is -0.385. The smallest absolute Gasteiger partial charge is 0.372 e. The van der Waals surface area contributed by atoms with Crippen molar-refractivity contribution in [3.05, 3.63) is 15.9 Å². The quantitative estimate of drug-likeness (QED) is 0.425. The molecule has 0 fully saturated rings. The number of hydrogen-bond acceptors (Lipinski definition) is 6. The van der Waals surface area contributed by atoms with E-state index in [9.17, 15) is 10.1 Å². The lowest BCUT2D eigenvalue weighted by Crippen LogP contribution is -2.10. The van der Waals surface area contributed by atoms with Crippen molar-refractivity contribution in [1.29, 1.82) is 0 Å². The Hall–Kier alpha value is -1.92. The van der Waals surface area contributed by atoms with Crippen molar-refractivity contribution in [3.63, 3.8) is 0 Å². The average molecular weight is 282 g/mol. The van der Waals surface area contributed by atoms with E-state index in [1.807, 2.05) is 6.92 Å². The standard InChI is InChI=1S/C13H22N4O3/c1-4-6-7-8-9-14-12-11(17(18)19)13(20-3)16-10(5-2)15-12/h4-9H2,1-3H3,(H,14,15,16). The Morgan fingerprint density at radius 3 is 2.55 bits per heavy atom. The minimum Gasteiger partial charge on any atom is -0.476 e. The molecule has 0 aromatic carbocycles. The third-order valence-corrected chi connectivity index (χ3v) is 2.91. The van der Waals surface area contributed by atoms with Gasteiger partial charge in [-0.25, -0.2) is 4.98 Å². The highest BCUT2D eigenvalue weighted by molar-refractivity contribution is 5.61. The first-order valence-electron chi connectivity index (χ1n) is 6.97. The predicted octanol–water partition coefficient (Wildman–Crippen LogP) is 2.95. The third-order valence-electron chi connectivity index (χ3n) is 2.91. The molecule has 0 radical (unpaired) electrons. The van der Waals surface area contributed by atoms with Crippen LogP contribution in [0.15, 0.2) is 0 Å². The van der Waals surface area contributed by atoms with E-state index in [-0.39, 0.29) is 17.4 Å². The molecule has 0 amide bonds. The topological polar surface area (TPSA) is 90.2 Å². The first kappa shape index (κ1) is 16.1. The molecule has 7 nitrogen and oxygen atoms in total. The molecule has 1 rings (SSSR count). The summed E-state index contributed by atoms with van der Waals surface area (Å²) in [6, 6.07) is 0. The second kappa shape index (κ2) is 8.29. The van der Waals surface area contributed by atoms with Crippen molar-refractivity contribution in [3.8, 4) is 5.88 Å². The molecule has 20 heavy (non-hydrogen) atoms. The number of aromatic nitrogens is 2. The number of aryl methyl sites for hydroxylation is 1. The third kappa shape index (κ3) is 4.32. The highest BCUT2D eigenvalue weighted by Crippen LogP contribution is 2.31. The van der Waals surface area contributed by atoms with E-state index >= 15 is 0 Å². The molecule has 0 spiro atoms. The molecule has 1 aromatic heterocycles. The van der Waals surface area contributed by atoms with Gasteiger partial charge in [-0.2, -0.15) is 4.98 Å². The zero-order chi connectivity index (χ0) is 15.0. The van der Waals surface area contributed by atoms with Gasteiger partial charge in [0.2, 0.25) is 5.82 Å². The molecule has 0 saturated carbocycles. The summed E-state index contributed by atoms with van der Waals surface area (Å²) in [5.41, 5.74) is -0.194. The Balaban J connectivity index is 2.88. The molecule has 1 N–H and O–H groups in total. The van der Waals surface area contributed by atoms with E-state index < -0.39 is 4.92 Å². The van der Waals surface area contributed by atoms with Crippen LogP contribution in [0.3, 0.4) is 0 Å². The summed E-state index contributed by atoms with van der Waals surface area (Å²) in [6.45, 7) is 4.69. The first-order valence-corrected chi connectivity index (χ1v) is 6.97. The number of ether oxygens (including phenoxy) is 1. The van der Waals surface area contributed by atoms with Crippen LogP contribution >= 0.6 is 0 Å². The van der Waals surface area contributed by atoms with Crippen molar-refractivity contribution in [1.82, 2.24) is 9.97 Å². The molecule has 0 bridgehead atoms.